The van der Waals surface area contributed by atoms with E-state index in [1.54, 1.807) is 0 Å². The van der Waals surface area contributed by atoms with E-state index >= 15 is 0 Å². The van der Waals surface area contributed by atoms with Gasteiger partial charge in [0, 0.05) is 11.4 Å². The first-order valence-electron chi connectivity index (χ1n) is 4.64. The lowest BCUT2D eigenvalue weighted by atomic mass is 10.0. The first-order valence-corrected chi connectivity index (χ1v) is 5.93. The zero-order valence-corrected chi connectivity index (χ0v) is 9.56. The highest BCUT2D eigenvalue weighted by atomic mass is 32.2. The Morgan fingerprint density at radius 1 is 1.31 bits per heavy atom. The van der Waals surface area contributed by atoms with Crippen LogP contribution in [0.1, 0.15) is 43.2 Å². The summed E-state index contributed by atoms with van der Waals surface area (Å²) in [5.74, 6) is 0.568. The first-order chi connectivity index (χ1) is 6.16. The minimum atomic E-state index is 0.499. The Balaban J connectivity index is 3.04. The molecule has 0 aliphatic rings. The molecule has 13 heavy (non-hydrogen) atoms. The van der Waals surface area contributed by atoms with Crippen LogP contribution in [-0.2, 0) is 0 Å². The first kappa shape index (κ1) is 10.6. The molecule has 1 nitrogen and oxygen atoms in total. The number of nitrogens with zero attached hydrogens (tertiary/aromatic N) is 1. The van der Waals surface area contributed by atoms with Crippen LogP contribution in [0.5, 0.6) is 0 Å². The van der Waals surface area contributed by atoms with Crippen LogP contribution in [0.15, 0.2) is 18.3 Å². The Hall–Kier alpha value is -0.500. The lowest BCUT2D eigenvalue weighted by Crippen LogP contribution is -2.00. The van der Waals surface area contributed by atoms with E-state index in [0.29, 0.717) is 11.2 Å². The van der Waals surface area contributed by atoms with E-state index in [9.17, 15) is 0 Å². The van der Waals surface area contributed by atoms with E-state index in [2.05, 4.69) is 38.1 Å². The average Bonchev–Trinajstić information content (AvgIpc) is 2.16. The highest BCUT2D eigenvalue weighted by Crippen LogP contribution is 2.29. The topological polar surface area (TPSA) is 12.9 Å². The van der Waals surface area contributed by atoms with E-state index in [0.717, 1.165) is 0 Å². The third-order valence-corrected chi connectivity index (χ3v) is 3.16. The third-order valence-electron chi connectivity index (χ3n) is 2.23. The van der Waals surface area contributed by atoms with Gasteiger partial charge in [0.2, 0.25) is 0 Å². The van der Waals surface area contributed by atoms with Gasteiger partial charge in [0.15, 0.2) is 0 Å². The van der Waals surface area contributed by atoms with Gasteiger partial charge in [-0.3, -0.25) is 4.98 Å². The number of thioether (sulfide) groups is 1. The Morgan fingerprint density at radius 3 is 2.54 bits per heavy atom. The van der Waals surface area contributed by atoms with Gasteiger partial charge in [0.25, 0.3) is 0 Å². The second kappa shape index (κ2) is 4.66. The molecule has 0 N–H and O–H groups in total. The summed E-state index contributed by atoms with van der Waals surface area (Å²) in [5.41, 5.74) is 2.62. The van der Waals surface area contributed by atoms with E-state index in [4.69, 9.17) is 0 Å². The number of rotatable bonds is 3. The van der Waals surface area contributed by atoms with Crippen molar-refractivity contribution < 1.29 is 0 Å². The van der Waals surface area contributed by atoms with Crippen LogP contribution < -0.4 is 0 Å². The van der Waals surface area contributed by atoms with E-state index in [1.807, 2.05) is 24.0 Å². The van der Waals surface area contributed by atoms with E-state index in [1.165, 1.54) is 11.3 Å². The molecule has 1 aromatic heterocycles. The summed E-state index contributed by atoms with van der Waals surface area (Å²) in [4.78, 5) is 4.45. The van der Waals surface area contributed by atoms with Crippen LogP contribution in [-0.4, -0.2) is 11.2 Å². The molecule has 0 aromatic carbocycles. The highest BCUT2D eigenvalue weighted by molar-refractivity contribution is 7.98. The van der Waals surface area contributed by atoms with Gasteiger partial charge in [-0.25, -0.2) is 0 Å². The molecule has 0 radical (unpaired) electrons. The number of pyridine rings is 1. The largest absolute Gasteiger partial charge is 0.260 e. The summed E-state index contributed by atoms with van der Waals surface area (Å²) < 4.78 is 0. The van der Waals surface area contributed by atoms with Gasteiger partial charge >= 0.3 is 0 Å². The number of hydrogen-bond acceptors (Lipinski definition) is 2. The van der Waals surface area contributed by atoms with Gasteiger partial charge in [-0.15, -0.1) is 0 Å². The fourth-order valence-electron chi connectivity index (χ4n) is 1.37. The predicted octanol–water partition coefficient (Wildman–Crippen LogP) is 3.63. The molecule has 0 saturated heterocycles. The SMILES string of the molecule is CSC(C)c1ncccc1C(C)C. The fraction of sp³-hybridized carbons (Fsp3) is 0.545. The van der Waals surface area contributed by atoms with Crippen molar-refractivity contribution in [3.05, 3.63) is 29.6 Å². The molecule has 0 fully saturated rings. The zero-order chi connectivity index (χ0) is 9.84. The minimum absolute atomic E-state index is 0.499. The van der Waals surface area contributed by atoms with Gasteiger partial charge in [-0.05, 0) is 30.7 Å². The summed E-state index contributed by atoms with van der Waals surface area (Å²) in [6.07, 6.45) is 4.01. The van der Waals surface area contributed by atoms with Crippen molar-refractivity contribution in [2.24, 2.45) is 0 Å². The van der Waals surface area contributed by atoms with Gasteiger partial charge in [-0.1, -0.05) is 19.9 Å². The summed E-state index contributed by atoms with van der Waals surface area (Å²) in [6.45, 7) is 6.64. The fourth-order valence-corrected chi connectivity index (χ4v) is 1.79. The van der Waals surface area contributed by atoms with Crippen LogP contribution in [0.3, 0.4) is 0 Å². The molecule has 0 aliphatic carbocycles. The monoisotopic (exact) mass is 195 g/mol. The Morgan fingerprint density at radius 2 is 2.00 bits per heavy atom. The molecule has 1 heterocycles. The van der Waals surface area contributed by atoms with Crippen molar-refractivity contribution in [2.75, 3.05) is 6.26 Å². The summed E-state index contributed by atoms with van der Waals surface area (Å²) in [6, 6.07) is 4.20. The van der Waals surface area contributed by atoms with Crippen LogP contribution >= 0.6 is 11.8 Å². The molecule has 0 spiro atoms. The van der Waals surface area contributed by atoms with Crippen LogP contribution in [0, 0.1) is 0 Å². The van der Waals surface area contributed by atoms with E-state index < -0.39 is 0 Å². The molecule has 0 bridgehead atoms. The molecule has 1 unspecified atom stereocenters. The molecule has 0 saturated carbocycles. The van der Waals surface area contributed by atoms with Crippen LogP contribution in [0.25, 0.3) is 0 Å². The Bertz CT molecular complexity index is 271. The standard InChI is InChI=1S/C11H17NS/c1-8(2)10-6-5-7-12-11(10)9(3)13-4/h5-9H,1-4H3. The Kier molecular flexibility index (Phi) is 3.79. The third kappa shape index (κ3) is 2.47. The zero-order valence-electron chi connectivity index (χ0n) is 8.74. The smallest absolute Gasteiger partial charge is 0.0565 e. The quantitative estimate of drug-likeness (QED) is 0.730. The Labute approximate surface area is 85.0 Å². The van der Waals surface area contributed by atoms with Gasteiger partial charge < -0.3 is 0 Å². The van der Waals surface area contributed by atoms with Crippen molar-refractivity contribution >= 4 is 11.8 Å². The summed E-state index contributed by atoms with van der Waals surface area (Å²) >= 11 is 1.85. The maximum Gasteiger partial charge on any atom is 0.0565 e. The van der Waals surface area contributed by atoms with Crippen LogP contribution in [0.4, 0.5) is 0 Å². The van der Waals surface area contributed by atoms with Crippen molar-refractivity contribution in [2.45, 2.75) is 31.9 Å². The van der Waals surface area contributed by atoms with Crippen LogP contribution in [0.2, 0.25) is 0 Å². The maximum absolute atomic E-state index is 4.45. The normalized spacial score (nSPS) is 13.3. The van der Waals surface area contributed by atoms with Crippen molar-refractivity contribution in [3.63, 3.8) is 0 Å². The second-order valence-electron chi connectivity index (χ2n) is 3.51. The lowest BCUT2D eigenvalue weighted by molar-refractivity contribution is 0.820. The lowest BCUT2D eigenvalue weighted by Gasteiger charge is -2.15. The number of aromatic nitrogens is 1. The molecule has 72 valence electrons. The predicted molar refractivity (Wildman–Crippen MR) is 60.3 cm³/mol. The van der Waals surface area contributed by atoms with Crippen molar-refractivity contribution in [1.82, 2.24) is 4.98 Å². The summed E-state index contributed by atoms with van der Waals surface area (Å²) in [5, 5.41) is 0.499. The molecule has 2 heteroatoms. The summed E-state index contributed by atoms with van der Waals surface area (Å²) in [7, 11) is 0. The average molecular weight is 195 g/mol. The molecule has 1 rings (SSSR count). The van der Waals surface area contributed by atoms with Gasteiger partial charge in [0.1, 0.15) is 0 Å². The highest BCUT2D eigenvalue weighted by Gasteiger charge is 2.12. The van der Waals surface area contributed by atoms with Gasteiger partial charge in [-0.2, -0.15) is 11.8 Å². The molecular weight excluding hydrogens is 178 g/mol. The van der Waals surface area contributed by atoms with Crippen molar-refractivity contribution in [3.8, 4) is 0 Å². The van der Waals surface area contributed by atoms with Crippen molar-refractivity contribution in [1.29, 1.82) is 0 Å². The maximum atomic E-state index is 4.45. The van der Waals surface area contributed by atoms with Gasteiger partial charge in [0.05, 0.1) is 5.69 Å². The molecule has 0 aliphatic heterocycles. The minimum Gasteiger partial charge on any atom is -0.260 e. The number of hydrogen-bond donors (Lipinski definition) is 0. The second-order valence-corrected chi connectivity index (χ2v) is 4.69. The van der Waals surface area contributed by atoms with E-state index in [-0.39, 0.29) is 0 Å². The molecule has 1 aromatic rings. The molecule has 1 atom stereocenters. The molecule has 0 amide bonds. The molecular formula is C11H17NS.